The number of aromatic nitrogens is 5. The summed E-state index contributed by atoms with van der Waals surface area (Å²) in [5, 5.41) is 5.60. The smallest absolute Gasteiger partial charge is 0.255 e. The van der Waals surface area contributed by atoms with Gasteiger partial charge in [0.25, 0.3) is 5.91 Å². The minimum Gasteiger partial charge on any atom is -0.340 e. The van der Waals surface area contributed by atoms with Gasteiger partial charge in [-0.05, 0) is 48.5 Å². The summed E-state index contributed by atoms with van der Waals surface area (Å²) in [5.41, 5.74) is 2.87. The van der Waals surface area contributed by atoms with Crippen LogP contribution in [0.25, 0.3) is 22.4 Å². The maximum Gasteiger partial charge on any atom is 0.255 e. The van der Waals surface area contributed by atoms with Gasteiger partial charge in [0.15, 0.2) is 5.65 Å². The Labute approximate surface area is 185 Å². The van der Waals surface area contributed by atoms with Gasteiger partial charge in [-0.2, -0.15) is 0 Å². The van der Waals surface area contributed by atoms with E-state index in [0.29, 0.717) is 33.9 Å². The first-order valence-electron chi connectivity index (χ1n) is 9.81. The van der Waals surface area contributed by atoms with Crippen LogP contribution in [-0.4, -0.2) is 30.8 Å². The van der Waals surface area contributed by atoms with E-state index >= 15 is 0 Å². The third-order valence-corrected chi connectivity index (χ3v) is 4.84. The van der Waals surface area contributed by atoms with Crippen LogP contribution in [0, 0.1) is 11.6 Å². The number of halogens is 2. The van der Waals surface area contributed by atoms with E-state index in [9.17, 15) is 13.6 Å². The Morgan fingerprint density at radius 1 is 0.939 bits per heavy atom. The summed E-state index contributed by atoms with van der Waals surface area (Å²) >= 11 is 0. The molecular weight excluding hydrogens is 428 g/mol. The summed E-state index contributed by atoms with van der Waals surface area (Å²) in [7, 11) is 0. The maximum atomic E-state index is 14.4. The van der Waals surface area contributed by atoms with E-state index in [-0.39, 0.29) is 11.3 Å². The van der Waals surface area contributed by atoms with Crippen LogP contribution in [0.1, 0.15) is 10.4 Å². The van der Waals surface area contributed by atoms with Crippen LogP contribution in [0.3, 0.4) is 0 Å². The Morgan fingerprint density at radius 3 is 2.73 bits per heavy atom. The van der Waals surface area contributed by atoms with Crippen LogP contribution < -0.4 is 10.6 Å². The first-order chi connectivity index (χ1) is 16.1. The number of carbonyl (C=O) groups excluding carboxylic acids is 1. The molecule has 0 saturated heterocycles. The number of carbonyl (C=O) groups is 1. The Balaban J connectivity index is 1.45. The van der Waals surface area contributed by atoms with Gasteiger partial charge in [-0.3, -0.25) is 4.79 Å². The Morgan fingerprint density at radius 2 is 1.85 bits per heavy atom. The van der Waals surface area contributed by atoms with Crippen LogP contribution >= 0.6 is 0 Å². The molecule has 0 bridgehead atoms. The highest BCUT2D eigenvalue weighted by Crippen LogP contribution is 2.31. The number of fused-ring (bicyclic) bond motifs is 1. The number of amides is 1. The molecule has 2 aromatic carbocycles. The van der Waals surface area contributed by atoms with Gasteiger partial charge >= 0.3 is 0 Å². The number of hydrogen-bond acceptors (Lipinski definition) is 6. The van der Waals surface area contributed by atoms with Crippen molar-refractivity contribution in [2.75, 3.05) is 10.6 Å². The molecule has 5 aromatic rings. The summed E-state index contributed by atoms with van der Waals surface area (Å²) in [4.78, 5) is 32.5. The van der Waals surface area contributed by atoms with Crippen molar-refractivity contribution in [3.05, 3.63) is 90.6 Å². The molecule has 162 valence electrons. The van der Waals surface area contributed by atoms with Crippen molar-refractivity contribution in [3.8, 4) is 11.3 Å². The molecule has 33 heavy (non-hydrogen) atoms. The van der Waals surface area contributed by atoms with Gasteiger partial charge in [0, 0.05) is 23.0 Å². The summed E-state index contributed by atoms with van der Waals surface area (Å²) in [5.74, 6) is -1.38. The third-order valence-electron chi connectivity index (χ3n) is 4.84. The van der Waals surface area contributed by atoms with Crippen molar-refractivity contribution in [1.82, 2.24) is 24.9 Å². The number of rotatable bonds is 5. The molecule has 0 unspecified atom stereocenters. The molecule has 10 heteroatoms. The Hall–Kier alpha value is -4.73. The van der Waals surface area contributed by atoms with Gasteiger partial charge < -0.3 is 15.6 Å². The number of imidazole rings is 1. The number of hydrogen-bond donors (Lipinski definition) is 3. The quantitative estimate of drug-likeness (QED) is 0.364. The van der Waals surface area contributed by atoms with Crippen molar-refractivity contribution in [2.45, 2.75) is 0 Å². The van der Waals surface area contributed by atoms with Crippen molar-refractivity contribution < 1.29 is 13.6 Å². The number of pyridine rings is 1. The fourth-order valence-corrected chi connectivity index (χ4v) is 3.32. The van der Waals surface area contributed by atoms with Gasteiger partial charge in [0.2, 0.25) is 0 Å². The predicted octanol–water partition coefficient (Wildman–Crippen LogP) is 4.69. The zero-order chi connectivity index (χ0) is 22.8. The largest absolute Gasteiger partial charge is 0.340 e. The van der Waals surface area contributed by atoms with Crippen molar-refractivity contribution in [1.29, 1.82) is 0 Å². The fraction of sp³-hybridized carbons (Fsp3) is 0. The molecule has 8 nitrogen and oxygen atoms in total. The number of anilines is 3. The van der Waals surface area contributed by atoms with Gasteiger partial charge in [-0.15, -0.1) is 0 Å². The van der Waals surface area contributed by atoms with Gasteiger partial charge in [-0.1, -0.05) is 6.07 Å². The minimum absolute atomic E-state index is 0.0662. The van der Waals surface area contributed by atoms with E-state index in [4.69, 9.17) is 0 Å². The van der Waals surface area contributed by atoms with E-state index in [1.165, 1.54) is 49.1 Å². The van der Waals surface area contributed by atoms with E-state index < -0.39 is 17.5 Å². The first-order valence-corrected chi connectivity index (χ1v) is 9.81. The number of aromatic amines is 1. The van der Waals surface area contributed by atoms with Gasteiger partial charge in [0.1, 0.15) is 35.0 Å². The Kier molecular flexibility index (Phi) is 5.15. The molecule has 1 amide bonds. The third kappa shape index (κ3) is 4.09. The molecule has 0 fully saturated rings. The molecule has 5 rings (SSSR count). The highest BCUT2D eigenvalue weighted by molar-refractivity contribution is 6.04. The SMILES string of the molecule is O=C(Nc1cc(Nc2ncccc2-c2ncnc3[nH]cnc23)ccc1F)c1cccc(F)c1. The lowest BCUT2D eigenvalue weighted by atomic mass is 10.1. The average molecular weight is 443 g/mol. The van der Waals surface area contributed by atoms with Gasteiger partial charge in [0.05, 0.1) is 12.0 Å². The highest BCUT2D eigenvalue weighted by Gasteiger charge is 2.15. The number of nitrogens with zero attached hydrogens (tertiary/aromatic N) is 4. The lowest BCUT2D eigenvalue weighted by molar-refractivity contribution is 0.102. The van der Waals surface area contributed by atoms with Crippen LogP contribution in [0.5, 0.6) is 0 Å². The zero-order valence-electron chi connectivity index (χ0n) is 16.9. The highest BCUT2D eigenvalue weighted by atomic mass is 19.1. The minimum atomic E-state index is -0.638. The Bertz CT molecular complexity index is 1480. The van der Waals surface area contributed by atoms with E-state index in [2.05, 4.69) is 35.6 Å². The predicted molar refractivity (Wildman–Crippen MR) is 119 cm³/mol. The first kappa shape index (κ1) is 20.2. The number of H-pyrrole nitrogens is 1. The van der Waals surface area contributed by atoms with E-state index in [0.717, 1.165) is 6.07 Å². The van der Waals surface area contributed by atoms with Crippen LogP contribution in [0.15, 0.2) is 73.4 Å². The monoisotopic (exact) mass is 443 g/mol. The molecule has 0 radical (unpaired) electrons. The molecule has 0 spiro atoms. The fourth-order valence-electron chi connectivity index (χ4n) is 3.32. The second-order valence-electron chi connectivity index (χ2n) is 7.01. The van der Waals surface area contributed by atoms with Gasteiger partial charge in [-0.25, -0.2) is 28.7 Å². The molecule has 3 N–H and O–H groups in total. The second kappa shape index (κ2) is 8.42. The molecule has 0 atom stereocenters. The topological polar surface area (TPSA) is 108 Å². The lowest BCUT2D eigenvalue weighted by Crippen LogP contribution is -2.13. The van der Waals surface area contributed by atoms with E-state index in [1.807, 2.05) is 6.07 Å². The summed E-state index contributed by atoms with van der Waals surface area (Å²) in [6, 6.07) is 12.9. The molecular formula is C23H15F2N7O. The normalized spacial score (nSPS) is 10.8. The molecule has 0 aliphatic heterocycles. The molecule has 3 heterocycles. The molecule has 0 saturated carbocycles. The van der Waals surface area contributed by atoms with Crippen molar-refractivity contribution in [2.24, 2.45) is 0 Å². The van der Waals surface area contributed by atoms with Crippen LogP contribution in [-0.2, 0) is 0 Å². The van der Waals surface area contributed by atoms with Crippen molar-refractivity contribution >= 4 is 34.3 Å². The molecule has 3 aromatic heterocycles. The summed E-state index contributed by atoms with van der Waals surface area (Å²) in [6.07, 6.45) is 4.55. The number of benzene rings is 2. The maximum absolute atomic E-state index is 14.4. The summed E-state index contributed by atoms with van der Waals surface area (Å²) in [6.45, 7) is 0. The van der Waals surface area contributed by atoms with Crippen LogP contribution in [0.4, 0.5) is 26.0 Å². The second-order valence-corrected chi connectivity index (χ2v) is 7.01. The van der Waals surface area contributed by atoms with Crippen molar-refractivity contribution in [3.63, 3.8) is 0 Å². The van der Waals surface area contributed by atoms with E-state index in [1.54, 1.807) is 12.3 Å². The molecule has 0 aliphatic carbocycles. The standard InChI is InChI=1S/C23H15F2N7O/c24-14-4-1-3-13(9-14)23(33)32-18-10-15(6-7-17(18)25)31-21-16(5-2-8-26-21)19-20-22(29-11-27-19)30-12-28-20/h1-12H,(H,26,31)(H,32,33)(H,27,28,29,30). The summed E-state index contributed by atoms with van der Waals surface area (Å²) < 4.78 is 27.8. The average Bonchev–Trinajstić information content (AvgIpc) is 3.31. The lowest BCUT2D eigenvalue weighted by Gasteiger charge is -2.13. The van der Waals surface area contributed by atoms with Crippen LogP contribution in [0.2, 0.25) is 0 Å². The number of nitrogens with one attached hydrogen (secondary N) is 3. The zero-order valence-corrected chi connectivity index (χ0v) is 16.9. The molecule has 0 aliphatic rings.